The Bertz CT molecular complexity index is 916. The molecule has 3 N–H and O–H groups in total. The van der Waals surface area contributed by atoms with E-state index in [-0.39, 0.29) is 5.75 Å². The predicted molar refractivity (Wildman–Crippen MR) is 101 cm³/mol. The van der Waals surface area contributed by atoms with Crippen molar-refractivity contribution in [1.82, 2.24) is 4.98 Å². The number of ether oxygens (including phenoxy) is 3. The number of pyridine rings is 1. The van der Waals surface area contributed by atoms with E-state index in [1.54, 1.807) is 45.7 Å². The highest BCUT2D eigenvalue weighted by molar-refractivity contribution is 5.81. The Balaban J connectivity index is 2.15. The lowest BCUT2D eigenvalue weighted by molar-refractivity contribution is 0.324. The third kappa shape index (κ3) is 3.21. The minimum atomic E-state index is 0.167. The number of nitrogen functional groups attached to an aromatic ring is 1. The molecule has 0 aliphatic rings. The van der Waals surface area contributed by atoms with Gasteiger partial charge in [-0.05, 0) is 41.5 Å². The summed E-state index contributed by atoms with van der Waals surface area (Å²) in [6, 6.07) is 12.5. The van der Waals surface area contributed by atoms with E-state index in [9.17, 15) is 5.11 Å². The second kappa shape index (κ2) is 7.23. The Hall–Kier alpha value is -3.41. The highest BCUT2D eigenvalue weighted by atomic mass is 16.5. The molecule has 0 saturated carbocycles. The summed E-state index contributed by atoms with van der Waals surface area (Å²) in [7, 11) is 4.70. The summed E-state index contributed by atoms with van der Waals surface area (Å²) in [4.78, 5) is 4.30. The number of phenolic OH excluding ortho intramolecular Hbond substituents is 1. The van der Waals surface area contributed by atoms with Gasteiger partial charge in [0, 0.05) is 17.3 Å². The molecule has 26 heavy (non-hydrogen) atoms. The van der Waals surface area contributed by atoms with E-state index in [1.165, 1.54) is 0 Å². The third-order valence-corrected chi connectivity index (χ3v) is 4.07. The zero-order valence-electron chi connectivity index (χ0n) is 14.8. The Kier molecular flexibility index (Phi) is 4.84. The van der Waals surface area contributed by atoms with Crippen molar-refractivity contribution < 1.29 is 19.3 Å². The van der Waals surface area contributed by atoms with Crippen LogP contribution >= 0.6 is 0 Å². The first kappa shape index (κ1) is 17.4. The van der Waals surface area contributed by atoms with Gasteiger partial charge in [0.25, 0.3) is 0 Å². The van der Waals surface area contributed by atoms with Crippen LogP contribution in [0.3, 0.4) is 0 Å². The summed E-state index contributed by atoms with van der Waals surface area (Å²) in [6.07, 6.45) is 1.68. The first-order chi connectivity index (χ1) is 12.6. The number of aromatic hydroxyl groups is 1. The van der Waals surface area contributed by atoms with Gasteiger partial charge in [-0.15, -0.1) is 0 Å². The van der Waals surface area contributed by atoms with E-state index in [4.69, 9.17) is 19.9 Å². The molecule has 1 heterocycles. The van der Waals surface area contributed by atoms with Crippen LogP contribution in [0.2, 0.25) is 0 Å². The quantitative estimate of drug-likeness (QED) is 0.727. The minimum Gasteiger partial charge on any atom is -0.508 e. The standard InChI is InChI=1S/C20H20N2O4/c1-24-17-9-13(10-18(25-2)19(17)26-3)14-8-16(20(21)22-11-14)12-5-4-6-15(23)7-12/h4-11,23H,1-3H3,(H2,21,22). The number of phenols is 1. The largest absolute Gasteiger partial charge is 0.508 e. The van der Waals surface area contributed by atoms with Crippen molar-refractivity contribution >= 4 is 5.82 Å². The molecular weight excluding hydrogens is 332 g/mol. The molecule has 0 aliphatic carbocycles. The Morgan fingerprint density at radius 3 is 2.12 bits per heavy atom. The van der Waals surface area contributed by atoms with Crippen LogP contribution in [0.5, 0.6) is 23.0 Å². The van der Waals surface area contributed by atoms with E-state index in [2.05, 4.69) is 4.98 Å². The summed E-state index contributed by atoms with van der Waals surface area (Å²) in [5.41, 5.74) is 9.23. The molecule has 3 rings (SSSR count). The first-order valence-corrected chi connectivity index (χ1v) is 7.92. The van der Waals surface area contributed by atoms with E-state index in [1.807, 2.05) is 24.3 Å². The van der Waals surface area contributed by atoms with Gasteiger partial charge in [0.1, 0.15) is 11.6 Å². The maximum absolute atomic E-state index is 9.74. The van der Waals surface area contributed by atoms with Crippen molar-refractivity contribution in [2.45, 2.75) is 0 Å². The maximum Gasteiger partial charge on any atom is 0.203 e. The lowest BCUT2D eigenvalue weighted by Gasteiger charge is -2.15. The Morgan fingerprint density at radius 2 is 1.54 bits per heavy atom. The number of benzene rings is 2. The lowest BCUT2D eigenvalue weighted by atomic mass is 10.0. The monoisotopic (exact) mass is 352 g/mol. The zero-order valence-corrected chi connectivity index (χ0v) is 14.8. The van der Waals surface area contributed by atoms with Gasteiger partial charge in [0.15, 0.2) is 11.5 Å². The fourth-order valence-electron chi connectivity index (χ4n) is 2.79. The number of aromatic nitrogens is 1. The predicted octanol–water partition coefficient (Wildman–Crippen LogP) is 3.73. The molecule has 0 bridgehead atoms. The summed E-state index contributed by atoms with van der Waals surface area (Å²) >= 11 is 0. The highest BCUT2D eigenvalue weighted by Crippen LogP contribution is 2.42. The topological polar surface area (TPSA) is 86.8 Å². The number of rotatable bonds is 5. The van der Waals surface area contributed by atoms with Crippen molar-refractivity contribution in [1.29, 1.82) is 0 Å². The number of hydrogen-bond donors (Lipinski definition) is 2. The van der Waals surface area contributed by atoms with Crippen molar-refractivity contribution in [3.05, 3.63) is 48.7 Å². The molecule has 1 aromatic heterocycles. The molecule has 0 aliphatic heterocycles. The molecule has 134 valence electrons. The van der Waals surface area contributed by atoms with E-state index in [0.29, 0.717) is 23.1 Å². The Morgan fingerprint density at radius 1 is 0.846 bits per heavy atom. The van der Waals surface area contributed by atoms with Crippen molar-refractivity contribution in [3.8, 4) is 45.3 Å². The smallest absolute Gasteiger partial charge is 0.203 e. The fourth-order valence-corrected chi connectivity index (χ4v) is 2.79. The normalized spacial score (nSPS) is 10.4. The van der Waals surface area contributed by atoms with Crippen molar-refractivity contribution in [3.63, 3.8) is 0 Å². The second-order valence-corrected chi connectivity index (χ2v) is 5.62. The van der Waals surface area contributed by atoms with Gasteiger partial charge in [-0.2, -0.15) is 0 Å². The first-order valence-electron chi connectivity index (χ1n) is 7.92. The van der Waals surface area contributed by atoms with E-state index in [0.717, 1.165) is 22.3 Å². The summed E-state index contributed by atoms with van der Waals surface area (Å²) in [5.74, 6) is 2.18. The molecule has 0 spiro atoms. The number of methoxy groups -OCH3 is 3. The molecule has 6 heteroatoms. The number of nitrogens with two attached hydrogens (primary N) is 1. The van der Waals surface area contributed by atoms with Gasteiger partial charge in [-0.25, -0.2) is 4.98 Å². The average molecular weight is 352 g/mol. The Labute approximate surface area is 151 Å². The molecule has 0 unspecified atom stereocenters. The molecule has 0 atom stereocenters. The van der Waals surface area contributed by atoms with Crippen LogP contribution in [0.4, 0.5) is 5.82 Å². The summed E-state index contributed by atoms with van der Waals surface area (Å²) < 4.78 is 16.2. The van der Waals surface area contributed by atoms with Crippen LogP contribution in [0.15, 0.2) is 48.7 Å². The van der Waals surface area contributed by atoms with Gasteiger partial charge in [-0.1, -0.05) is 12.1 Å². The van der Waals surface area contributed by atoms with Crippen LogP contribution in [0, 0.1) is 0 Å². The molecule has 2 aromatic carbocycles. The van der Waals surface area contributed by atoms with Gasteiger partial charge >= 0.3 is 0 Å². The molecule has 6 nitrogen and oxygen atoms in total. The molecule has 0 amide bonds. The number of hydrogen-bond acceptors (Lipinski definition) is 6. The van der Waals surface area contributed by atoms with Gasteiger partial charge in [-0.3, -0.25) is 0 Å². The van der Waals surface area contributed by atoms with Crippen molar-refractivity contribution in [2.75, 3.05) is 27.1 Å². The zero-order chi connectivity index (χ0) is 18.7. The molecule has 0 saturated heterocycles. The molecular formula is C20H20N2O4. The van der Waals surface area contributed by atoms with Gasteiger partial charge < -0.3 is 25.1 Å². The van der Waals surface area contributed by atoms with Crippen LogP contribution < -0.4 is 19.9 Å². The van der Waals surface area contributed by atoms with E-state index < -0.39 is 0 Å². The number of nitrogens with zero attached hydrogens (tertiary/aromatic N) is 1. The van der Waals surface area contributed by atoms with Gasteiger partial charge in [0.2, 0.25) is 5.75 Å². The van der Waals surface area contributed by atoms with Crippen molar-refractivity contribution in [2.24, 2.45) is 0 Å². The molecule has 3 aromatic rings. The van der Waals surface area contributed by atoms with E-state index >= 15 is 0 Å². The molecule has 0 fully saturated rings. The number of anilines is 1. The SMILES string of the molecule is COc1cc(-c2cnc(N)c(-c3cccc(O)c3)c2)cc(OC)c1OC. The van der Waals surface area contributed by atoms with Crippen LogP contribution in [-0.2, 0) is 0 Å². The maximum atomic E-state index is 9.74. The summed E-state index contributed by atoms with van der Waals surface area (Å²) in [5, 5.41) is 9.74. The van der Waals surface area contributed by atoms with Gasteiger partial charge in [0.05, 0.1) is 21.3 Å². The lowest BCUT2D eigenvalue weighted by Crippen LogP contribution is -1.97. The minimum absolute atomic E-state index is 0.167. The van der Waals surface area contributed by atoms with Crippen LogP contribution in [-0.4, -0.2) is 31.4 Å². The molecule has 0 radical (unpaired) electrons. The van der Waals surface area contributed by atoms with Crippen LogP contribution in [0.1, 0.15) is 0 Å². The third-order valence-electron chi connectivity index (χ3n) is 4.07. The fraction of sp³-hybridized carbons (Fsp3) is 0.150. The second-order valence-electron chi connectivity index (χ2n) is 5.62. The highest BCUT2D eigenvalue weighted by Gasteiger charge is 2.15. The summed E-state index contributed by atoms with van der Waals surface area (Å²) in [6.45, 7) is 0. The average Bonchev–Trinajstić information content (AvgIpc) is 2.67. The van der Waals surface area contributed by atoms with Crippen LogP contribution in [0.25, 0.3) is 22.3 Å².